The first-order valence-corrected chi connectivity index (χ1v) is 16.6. The minimum absolute atomic E-state index is 0.0772. The van der Waals surface area contributed by atoms with E-state index in [0.717, 1.165) is 86.6 Å². The molecule has 0 bridgehead atoms. The lowest BCUT2D eigenvalue weighted by Gasteiger charge is -2.39. The van der Waals surface area contributed by atoms with Crippen LogP contribution in [0.3, 0.4) is 0 Å². The fraction of sp³-hybridized carbons (Fsp3) is 0.417. The average molecular weight is 614 g/mol. The quantitative estimate of drug-likeness (QED) is 0.249. The summed E-state index contributed by atoms with van der Waals surface area (Å²) in [5.41, 5.74) is 4.16. The molecule has 6 rings (SSSR count). The molecule has 1 unspecified atom stereocenters. The van der Waals surface area contributed by atoms with Gasteiger partial charge in [-0.2, -0.15) is 0 Å². The van der Waals surface area contributed by atoms with E-state index in [2.05, 4.69) is 5.32 Å². The van der Waals surface area contributed by atoms with Crippen LogP contribution in [0.4, 0.5) is 0 Å². The number of carbonyl (C=O) groups excluding carboxylic acids is 2. The van der Waals surface area contributed by atoms with E-state index >= 15 is 0 Å². The maximum atomic E-state index is 14.3. The summed E-state index contributed by atoms with van der Waals surface area (Å²) in [6.07, 6.45) is 10.2. The number of hydrogen-bond donors (Lipinski definition) is 2. The van der Waals surface area contributed by atoms with Crippen LogP contribution < -0.4 is 5.32 Å². The standard InChI is InChI=1S/C36H39NO6S/c1-42-35(40)26-19-11-18-25-27(21-44-33(25)26)28-29(34(38)39)31(23-14-7-3-8-15-23)37-32(24-16-9-4-10-17-24)30(28)36(41)43-20-22-12-5-2-6-13-22/h2,5-6,11-13,18-19,21,23-24,28,37H,3-4,7-10,14-17,20H2,1H3,(H,38,39). The molecule has 1 aliphatic heterocycles. The van der Waals surface area contributed by atoms with Crippen LogP contribution in [-0.4, -0.2) is 30.1 Å². The van der Waals surface area contributed by atoms with Crippen molar-refractivity contribution in [2.75, 3.05) is 7.11 Å². The second-order valence-electron chi connectivity index (χ2n) is 12.1. The maximum absolute atomic E-state index is 14.3. The molecule has 0 saturated heterocycles. The van der Waals surface area contributed by atoms with Crippen molar-refractivity contribution in [1.82, 2.24) is 5.32 Å². The van der Waals surface area contributed by atoms with Gasteiger partial charge >= 0.3 is 17.9 Å². The van der Waals surface area contributed by atoms with Crippen LogP contribution in [0.15, 0.2) is 76.5 Å². The van der Waals surface area contributed by atoms with Crippen molar-refractivity contribution < 1.29 is 29.0 Å². The highest BCUT2D eigenvalue weighted by Gasteiger charge is 2.44. The third-order valence-corrected chi connectivity index (χ3v) is 10.5. The number of carboxylic acids is 1. The third-order valence-electron chi connectivity index (χ3n) is 9.46. The minimum Gasteiger partial charge on any atom is -0.478 e. The van der Waals surface area contributed by atoms with Gasteiger partial charge in [0.25, 0.3) is 0 Å². The summed E-state index contributed by atoms with van der Waals surface area (Å²) in [6.45, 7) is 0.0896. The van der Waals surface area contributed by atoms with Gasteiger partial charge in [0.05, 0.1) is 29.7 Å². The van der Waals surface area contributed by atoms with E-state index in [1.54, 1.807) is 12.1 Å². The number of esters is 2. The molecular weight excluding hydrogens is 574 g/mol. The molecule has 2 aromatic carbocycles. The third kappa shape index (κ3) is 5.92. The van der Waals surface area contributed by atoms with Gasteiger partial charge in [0.15, 0.2) is 0 Å². The van der Waals surface area contributed by atoms with Crippen LogP contribution in [0.25, 0.3) is 10.1 Å². The Morgan fingerprint density at radius 3 is 2.07 bits per heavy atom. The zero-order chi connectivity index (χ0) is 30.6. The number of thiophene rings is 1. The lowest BCUT2D eigenvalue weighted by Crippen LogP contribution is -2.39. The fourth-order valence-electron chi connectivity index (χ4n) is 7.31. The van der Waals surface area contributed by atoms with Gasteiger partial charge in [-0.05, 0) is 65.5 Å². The molecule has 2 N–H and O–H groups in total. The Kier molecular flexibility index (Phi) is 9.17. The Bertz CT molecular complexity index is 1610. The van der Waals surface area contributed by atoms with Crippen LogP contribution in [0.2, 0.25) is 0 Å². The van der Waals surface area contributed by atoms with Crippen LogP contribution >= 0.6 is 11.3 Å². The first-order valence-electron chi connectivity index (χ1n) is 15.8. The van der Waals surface area contributed by atoms with E-state index < -0.39 is 23.8 Å². The lowest BCUT2D eigenvalue weighted by molar-refractivity contribution is -0.140. The molecule has 8 heteroatoms. The highest BCUT2D eigenvalue weighted by molar-refractivity contribution is 7.17. The predicted molar refractivity (Wildman–Crippen MR) is 170 cm³/mol. The van der Waals surface area contributed by atoms with E-state index in [1.807, 2.05) is 41.8 Å². The first kappa shape index (κ1) is 30.1. The number of dihydropyridines is 1. The lowest BCUT2D eigenvalue weighted by atomic mass is 9.72. The number of fused-ring (bicyclic) bond motifs is 1. The van der Waals surface area contributed by atoms with Crippen molar-refractivity contribution in [2.24, 2.45) is 11.8 Å². The van der Waals surface area contributed by atoms with Crippen molar-refractivity contribution >= 4 is 39.3 Å². The molecule has 1 atom stereocenters. The molecule has 0 amide bonds. The van der Waals surface area contributed by atoms with Crippen molar-refractivity contribution in [2.45, 2.75) is 76.7 Å². The summed E-state index contributed by atoms with van der Waals surface area (Å²) in [4.78, 5) is 40.4. The molecule has 3 aromatic rings. The second-order valence-corrected chi connectivity index (χ2v) is 13.0. The van der Waals surface area contributed by atoms with E-state index in [9.17, 15) is 19.5 Å². The largest absolute Gasteiger partial charge is 0.478 e. The number of allylic oxidation sites excluding steroid dienone is 2. The van der Waals surface area contributed by atoms with E-state index in [1.165, 1.54) is 18.4 Å². The Balaban J connectivity index is 1.56. The van der Waals surface area contributed by atoms with Crippen molar-refractivity contribution in [3.8, 4) is 0 Å². The number of benzene rings is 2. The summed E-state index contributed by atoms with van der Waals surface area (Å²) < 4.78 is 11.8. The van der Waals surface area contributed by atoms with Gasteiger partial charge in [-0.1, -0.05) is 81.0 Å². The summed E-state index contributed by atoms with van der Waals surface area (Å²) >= 11 is 1.38. The molecule has 2 heterocycles. The van der Waals surface area contributed by atoms with Gasteiger partial charge in [0.2, 0.25) is 0 Å². The zero-order valence-corrected chi connectivity index (χ0v) is 25.9. The second kappa shape index (κ2) is 13.4. The van der Waals surface area contributed by atoms with Crippen molar-refractivity contribution in [3.05, 3.63) is 93.1 Å². The predicted octanol–water partition coefficient (Wildman–Crippen LogP) is 7.87. The van der Waals surface area contributed by atoms with Crippen LogP contribution in [-0.2, 0) is 25.7 Å². The topological polar surface area (TPSA) is 102 Å². The monoisotopic (exact) mass is 613 g/mol. The summed E-state index contributed by atoms with van der Waals surface area (Å²) in [6, 6.07) is 14.9. The van der Waals surface area contributed by atoms with E-state index in [-0.39, 0.29) is 24.0 Å². The molecule has 1 aromatic heterocycles. The molecule has 44 heavy (non-hydrogen) atoms. The van der Waals surface area contributed by atoms with E-state index in [0.29, 0.717) is 21.4 Å². The van der Waals surface area contributed by atoms with Crippen LogP contribution in [0, 0.1) is 11.8 Å². The molecular formula is C36H39NO6S. The number of rotatable bonds is 8. The highest BCUT2D eigenvalue weighted by atomic mass is 32.1. The van der Waals surface area contributed by atoms with E-state index in [4.69, 9.17) is 9.47 Å². The number of carboxylic acid groups (broad SMARTS) is 1. The average Bonchev–Trinajstić information content (AvgIpc) is 3.51. The van der Waals surface area contributed by atoms with Crippen molar-refractivity contribution in [1.29, 1.82) is 0 Å². The van der Waals surface area contributed by atoms with Gasteiger partial charge in [-0.3, -0.25) is 0 Å². The first-order chi connectivity index (χ1) is 21.5. The molecule has 0 radical (unpaired) electrons. The van der Waals surface area contributed by atoms with Gasteiger partial charge in [-0.15, -0.1) is 11.3 Å². The summed E-state index contributed by atoms with van der Waals surface area (Å²) in [7, 11) is 1.35. The van der Waals surface area contributed by atoms with Crippen LogP contribution in [0.5, 0.6) is 0 Å². The van der Waals surface area contributed by atoms with Gasteiger partial charge in [0.1, 0.15) is 6.61 Å². The van der Waals surface area contributed by atoms with Crippen LogP contribution in [0.1, 0.15) is 91.6 Å². The maximum Gasteiger partial charge on any atom is 0.339 e. The Hall–Kier alpha value is -3.91. The smallest absolute Gasteiger partial charge is 0.339 e. The van der Waals surface area contributed by atoms with Gasteiger partial charge in [-0.25, -0.2) is 14.4 Å². The molecule has 3 aliphatic rings. The minimum atomic E-state index is -1.04. The molecule has 7 nitrogen and oxygen atoms in total. The van der Waals surface area contributed by atoms with Gasteiger partial charge in [0, 0.05) is 16.1 Å². The normalized spacial score (nSPS) is 20.0. The number of aliphatic carboxylic acids is 1. The number of nitrogens with one attached hydrogen (secondary N) is 1. The fourth-order valence-corrected chi connectivity index (χ4v) is 8.41. The number of carbonyl (C=O) groups is 3. The molecule has 2 saturated carbocycles. The Morgan fingerprint density at radius 2 is 1.45 bits per heavy atom. The van der Waals surface area contributed by atoms with Gasteiger partial charge < -0.3 is 19.9 Å². The number of ether oxygens (including phenoxy) is 2. The Morgan fingerprint density at radius 1 is 0.818 bits per heavy atom. The highest BCUT2D eigenvalue weighted by Crippen LogP contribution is 2.49. The number of methoxy groups -OCH3 is 1. The molecule has 0 spiro atoms. The molecule has 2 aliphatic carbocycles. The summed E-state index contributed by atoms with van der Waals surface area (Å²) in [5.74, 6) is -2.65. The molecule has 230 valence electrons. The SMILES string of the molecule is COC(=O)c1cccc2c(C3C(C(=O)O)=C(C4CCCCC4)NC(C4CCCCC4)=C3C(=O)OCc3ccccc3)csc12. The molecule has 2 fully saturated rings. The zero-order valence-electron chi connectivity index (χ0n) is 25.1. The Labute approximate surface area is 261 Å². The van der Waals surface area contributed by atoms with Crippen molar-refractivity contribution in [3.63, 3.8) is 0 Å². The number of hydrogen-bond acceptors (Lipinski definition) is 7. The summed E-state index contributed by atoms with van der Waals surface area (Å²) in [5, 5.41) is 17.2.